The summed E-state index contributed by atoms with van der Waals surface area (Å²) in [6.07, 6.45) is 0. The second-order valence-electron chi connectivity index (χ2n) is 11.6. The highest BCUT2D eigenvalue weighted by Crippen LogP contribution is 2.65. The topological polar surface area (TPSA) is 0 Å². The smallest absolute Gasteiger partial charge is 0.0731 e. The zero-order valence-electron chi connectivity index (χ0n) is 22.8. The number of rotatable bonds is 1. The standard InChI is InChI=1S/C41H24S/c1-2-12-27-25(11-1)23-32(26-21-22-38-33(24-26)30-15-6-10-20-37(30)42-38)39-31-16-5-9-19-36(31)41(40(27)39)34-17-7-3-13-28(34)29-14-4-8-18-35(29)41/h1-24H. The molecule has 0 saturated heterocycles. The molecule has 10 rings (SSSR count). The molecule has 0 unspecified atom stereocenters. The number of benzene rings is 7. The third kappa shape index (κ3) is 2.68. The molecule has 0 N–H and O–H groups in total. The van der Waals surface area contributed by atoms with Gasteiger partial charge in [-0.3, -0.25) is 0 Å². The molecular formula is C41H24S. The minimum atomic E-state index is -0.367. The van der Waals surface area contributed by atoms with Crippen LogP contribution in [-0.2, 0) is 5.41 Å². The normalized spacial score (nSPS) is 13.9. The molecular weight excluding hydrogens is 525 g/mol. The minimum Gasteiger partial charge on any atom is -0.135 e. The van der Waals surface area contributed by atoms with Gasteiger partial charge in [0.15, 0.2) is 0 Å². The Bertz CT molecular complexity index is 2380. The number of thiophene rings is 1. The van der Waals surface area contributed by atoms with E-state index in [9.17, 15) is 0 Å². The van der Waals surface area contributed by atoms with Crippen LogP contribution in [0.25, 0.3) is 64.3 Å². The summed E-state index contributed by atoms with van der Waals surface area (Å²) in [5, 5.41) is 5.30. The molecule has 194 valence electrons. The average Bonchev–Trinajstić information content (AvgIpc) is 3.68. The van der Waals surface area contributed by atoms with E-state index in [4.69, 9.17) is 0 Å². The molecule has 0 aliphatic heterocycles. The van der Waals surface area contributed by atoms with Crippen molar-refractivity contribution in [2.45, 2.75) is 5.41 Å². The fourth-order valence-corrected chi connectivity index (χ4v) is 9.18. The minimum absolute atomic E-state index is 0.367. The number of hydrogen-bond acceptors (Lipinski definition) is 1. The maximum absolute atomic E-state index is 2.44. The van der Waals surface area contributed by atoms with Crippen LogP contribution in [0.2, 0.25) is 0 Å². The van der Waals surface area contributed by atoms with Crippen molar-refractivity contribution in [3.63, 3.8) is 0 Å². The van der Waals surface area contributed by atoms with Gasteiger partial charge >= 0.3 is 0 Å². The van der Waals surface area contributed by atoms with Crippen LogP contribution < -0.4 is 0 Å². The first-order chi connectivity index (χ1) is 20.8. The van der Waals surface area contributed by atoms with Gasteiger partial charge in [0, 0.05) is 20.2 Å². The Balaban J connectivity index is 1.40. The van der Waals surface area contributed by atoms with Crippen molar-refractivity contribution in [1.29, 1.82) is 0 Å². The van der Waals surface area contributed by atoms with Crippen LogP contribution in [0.3, 0.4) is 0 Å². The zero-order chi connectivity index (χ0) is 27.4. The molecule has 0 nitrogen and oxygen atoms in total. The molecule has 0 radical (unpaired) electrons. The van der Waals surface area contributed by atoms with Crippen molar-refractivity contribution >= 4 is 42.3 Å². The summed E-state index contributed by atoms with van der Waals surface area (Å²) < 4.78 is 2.68. The largest absolute Gasteiger partial charge is 0.135 e. The highest BCUT2D eigenvalue weighted by atomic mass is 32.1. The fraction of sp³-hybridized carbons (Fsp3) is 0.0244. The van der Waals surface area contributed by atoms with E-state index in [0.29, 0.717) is 0 Å². The lowest BCUT2D eigenvalue weighted by Gasteiger charge is -2.31. The summed E-state index contributed by atoms with van der Waals surface area (Å²) in [6.45, 7) is 0. The summed E-state index contributed by atoms with van der Waals surface area (Å²) in [7, 11) is 0. The van der Waals surface area contributed by atoms with Gasteiger partial charge < -0.3 is 0 Å². The van der Waals surface area contributed by atoms with Crippen LogP contribution in [0.1, 0.15) is 22.3 Å². The van der Waals surface area contributed by atoms with Crippen LogP contribution >= 0.6 is 11.3 Å². The molecule has 1 spiro atoms. The van der Waals surface area contributed by atoms with Crippen LogP contribution in [0.4, 0.5) is 0 Å². The van der Waals surface area contributed by atoms with Gasteiger partial charge in [-0.05, 0) is 90.7 Å². The van der Waals surface area contributed by atoms with Crippen molar-refractivity contribution in [2.75, 3.05) is 0 Å². The average molecular weight is 549 g/mol. The molecule has 2 aliphatic carbocycles. The molecule has 1 heterocycles. The van der Waals surface area contributed by atoms with E-state index in [2.05, 4.69) is 146 Å². The molecule has 0 saturated carbocycles. The third-order valence-corrected chi connectivity index (χ3v) is 10.8. The molecule has 2 aliphatic rings. The molecule has 1 aromatic heterocycles. The molecule has 0 bridgehead atoms. The molecule has 42 heavy (non-hydrogen) atoms. The Kier molecular flexibility index (Phi) is 4.35. The lowest BCUT2D eigenvalue weighted by molar-refractivity contribution is 0.801. The predicted octanol–water partition coefficient (Wildman–Crippen LogP) is 11.2. The molecule has 8 aromatic rings. The summed E-state index contributed by atoms with van der Waals surface area (Å²) in [4.78, 5) is 0. The van der Waals surface area contributed by atoms with Gasteiger partial charge in [0.25, 0.3) is 0 Å². The van der Waals surface area contributed by atoms with Gasteiger partial charge in [-0.1, -0.05) is 121 Å². The molecule has 0 fully saturated rings. The highest BCUT2D eigenvalue weighted by molar-refractivity contribution is 7.25. The molecule has 7 aromatic carbocycles. The monoisotopic (exact) mass is 548 g/mol. The first-order valence-corrected chi connectivity index (χ1v) is 15.4. The Hall–Kier alpha value is -4.98. The van der Waals surface area contributed by atoms with E-state index in [1.54, 1.807) is 0 Å². The predicted molar refractivity (Wildman–Crippen MR) is 179 cm³/mol. The van der Waals surface area contributed by atoms with Crippen molar-refractivity contribution in [2.24, 2.45) is 0 Å². The SMILES string of the molecule is c1ccc2c(c1)-c1ccccc1C21c2ccccc2-c2c(-c3ccc4sc5ccccc5c4c3)cc3ccccc3c21. The number of fused-ring (bicyclic) bond motifs is 15. The summed E-state index contributed by atoms with van der Waals surface area (Å²) in [6, 6.07) is 54.7. The Labute approximate surface area is 248 Å². The van der Waals surface area contributed by atoms with Gasteiger partial charge in [-0.25, -0.2) is 0 Å². The Morgan fingerprint density at radius 1 is 0.405 bits per heavy atom. The summed E-state index contributed by atoms with van der Waals surface area (Å²) in [5.41, 5.74) is 13.2. The van der Waals surface area contributed by atoms with E-state index in [0.717, 1.165) is 0 Å². The van der Waals surface area contributed by atoms with E-state index in [1.165, 1.54) is 86.6 Å². The van der Waals surface area contributed by atoms with Gasteiger partial charge in [0.1, 0.15) is 0 Å². The van der Waals surface area contributed by atoms with Crippen molar-refractivity contribution < 1.29 is 0 Å². The highest BCUT2D eigenvalue weighted by Gasteiger charge is 2.52. The Morgan fingerprint density at radius 2 is 0.976 bits per heavy atom. The Morgan fingerprint density at radius 3 is 1.74 bits per heavy atom. The lowest BCUT2D eigenvalue weighted by atomic mass is 9.69. The van der Waals surface area contributed by atoms with Crippen LogP contribution in [0.15, 0.2) is 146 Å². The van der Waals surface area contributed by atoms with Crippen LogP contribution in [-0.4, -0.2) is 0 Å². The lowest BCUT2D eigenvalue weighted by Crippen LogP contribution is -2.26. The van der Waals surface area contributed by atoms with Crippen molar-refractivity contribution in [3.05, 3.63) is 168 Å². The number of hydrogen-bond donors (Lipinski definition) is 0. The van der Waals surface area contributed by atoms with E-state index >= 15 is 0 Å². The second kappa shape index (κ2) is 8.06. The van der Waals surface area contributed by atoms with E-state index < -0.39 is 0 Å². The molecule has 0 amide bonds. The quantitative estimate of drug-likeness (QED) is 0.191. The van der Waals surface area contributed by atoms with Gasteiger partial charge in [0.2, 0.25) is 0 Å². The first-order valence-electron chi connectivity index (χ1n) is 14.6. The second-order valence-corrected chi connectivity index (χ2v) is 12.7. The molecule has 1 heteroatoms. The maximum Gasteiger partial charge on any atom is 0.0731 e. The van der Waals surface area contributed by atoms with E-state index in [1.807, 2.05) is 11.3 Å². The van der Waals surface area contributed by atoms with Crippen LogP contribution in [0, 0.1) is 0 Å². The third-order valence-electron chi connectivity index (χ3n) is 9.66. The summed E-state index contributed by atoms with van der Waals surface area (Å²) >= 11 is 1.88. The zero-order valence-corrected chi connectivity index (χ0v) is 23.6. The van der Waals surface area contributed by atoms with Gasteiger partial charge in [0.05, 0.1) is 5.41 Å². The van der Waals surface area contributed by atoms with E-state index in [-0.39, 0.29) is 5.41 Å². The van der Waals surface area contributed by atoms with Crippen molar-refractivity contribution in [1.82, 2.24) is 0 Å². The summed E-state index contributed by atoms with van der Waals surface area (Å²) in [5.74, 6) is 0. The van der Waals surface area contributed by atoms with Crippen molar-refractivity contribution in [3.8, 4) is 33.4 Å². The fourth-order valence-electron chi connectivity index (χ4n) is 8.10. The molecule has 0 atom stereocenters. The van der Waals surface area contributed by atoms with Crippen LogP contribution in [0.5, 0.6) is 0 Å². The maximum atomic E-state index is 2.44. The first kappa shape index (κ1) is 22.7. The van der Waals surface area contributed by atoms with Gasteiger partial charge in [-0.2, -0.15) is 0 Å². The van der Waals surface area contributed by atoms with Gasteiger partial charge in [-0.15, -0.1) is 11.3 Å².